The molecule has 6 unspecified atom stereocenters. The summed E-state index contributed by atoms with van der Waals surface area (Å²) in [5.41, 5.74) is 0. The maximum atomic E-state index is 13.2. The van der Waals surface area contributed by atoms with Crippen molar-refractivity contribution in [3.8, 4) is 0 Å². The lowest BCUT2D eigenvalue weighted by Crippen LogP contribution is -2.61. The maximum absolute atomic E-state index is 13.2. The zero-order chi connectivity index (χ0) is 56.1. The molecule has 1 heterocycles. The predicted molar refractivity (Wildman–Crippen MR) is 313 cm³/mol. The first-order valence-electron chi connectivity index (χ1n) is 32.3. The van der Waals surface area contributed by atoms with E-state index in [0.717, 1.165) is 96.3 Å². The van der Waals surface area contributed by atoms with Gasteiger partial charge in [0.25, 0.3) is 0 Å². The van der Waals surface area contributed by atoms with Gasteiger partial charge >= 0.3 is 23.9 Å². The van der Waals surface area contributed by atoms with Crippen LogP contribution in [0.4, 0.5) is 0 Å². The molecule has 0 aliphatic carbocycles. The van der Waals surface area contributed by atoms with Crippen LogP contribution >= 0.6 is 0 Å². The van der Waals surface area contributed by atoms with Crippen LogP contribution in [-0.4, -0.2) is 89.2 Å². The number of ether oxygens (including phenoxy) is 5. The lowest BCUT2D eigenvalue weighted by Gasteiger charge is -2.40. The molecule has 450 valence electrons. The van der Waals surface area contributed by atoms with E-state index in [-0.39, 0.29) is 25.9 Å². The number of esters is 3. The topological polar surface area (TPSA) is 175 Å². The van der Waals surface area contributed by atoms with Crippen molar-refractivity contribution in [1.82, 2.24) is 0 Å². The Bertz CT molecular complexity index is 1430. The summed E-state index contributed by atoms with van der Waals surface area (Å²) < 4.78 is 28.5. The van der Waals surface area contributed by atoms with Crippen molar-refractivity contribution in [2.75, 3.05) is 13.2 Å². The van der Waals surface area contributed by atoms with E-state index in [1.54, 1.807) is 0 Å². The van der Waals surface area contributed by atoms with Gasteiger partial charge < -0.3 is 39.0 Å². The van der Waals surface area contributed by atoms with E-state index in [1.807, 2.05) is 0 Å². The average molecular weight is 1090 g/mol. The third kappa shape index (κ3) is 43.7. The lowest BCUT2D eigenvalue weighted by molar-refractivity contribution is -0.301. The molecule has 0 aromatic heterocycles. The molecule has 1 fully saturated rings. The van der Waals surface area contributed by atoms with Crippen LogP contribution in [0.1, 0.15) is 316 Å². The van der Waals surface area contributed by atoms with E-state index in [2.05, 4.69) is 45.1 Å². The number of hydrogen-bond acceptors (Lipinski definition) is 11. The first-order chi connectivity index (χ1) is 37.6. The molecule has 0 amide bonds. The molecule has 12 heteroatoms. The van der Waals surface area contributed by atoms with Crippen molar-refractivity contribution in [1.29, 1.82) is 0 Å². The predicted octanol–water partition coefficient (Wildman–Crippen LogP) is 17.0. The van der Waals surface area contributed by atoms with Gasteiger partial charge in [0.2, 0.25) is 0 Å². The number of carboxylic acid groups (broad SMARTS) is 1. The monoisotopic (exact) mass is 1090 g/mol. The van der Waals surface area contributed by atoms with Crippen LogP contribution < -0.4 is 0 Å². The normalized spacial score (nSPS) is 18.1. The number of carboxylic acids is 1. The highest BCUT2D eigenvalue weighted by Crippen LogP contribution is 2.27. The maximum Gasteiger partial charge on any atom is 0.335 e. The van der Waals surface area contributed by atoms with Gasteiger partial charge in [0.1, 0.15) is 18.8 Å². The quantitative estimate of drug-likeness (QED) is 0.0228. The van der Waals surface area contributed by atoms with Crippen molar-refractivity contribution >= 4 is 23.9 Å². The Balaban J connectivity index is 2.64. The Morgan fingerprint density at radius 3 is 1.12 bits per heavy atom. The van der Waals surface area contributed by atoms with E-state index in [0.29, 0.717) is 19.3 Å². The number of carbonyl (C=O) groups is 4. The molecule has 1 saturated heterocycles. The summed E-state index contributed by atoms with van der Waals surface area (Å²) in [5.74, 6) is -3.11. The molecule has 0 spiro atoms. The number of unbranched alkanes of at least 4 members (excludes halogenated alkanes) is 38. The standard InChI is InChI=1S/C65H118O12/c1-4-7-10-13-16-19-22-25-27-28-29-30-32-34-36-39-42-45-48-51-57(66)73-54-56(75-58(67)52-49-46-43-40-38-35-31-26-23-20-17-14-11-8-5-2)55-74-65-63(61(70)60(69)62(77-65)64(71)72)76-59(68)53-50-47-44-41-37-33-24-21-18-15-12-9-6-3/h21,24,26,31,56,60-63,65,69-70H,4-20,22-23,25,27-30,32-55H2,1-3H3,(H,71,72)/b24-21-,31-26-. The minimum atomic E-state index is -1.90. The number of allylic oxidation sites excluding steroid dienone is 4. The number of aliphatic hydroxyl groups excluding tert-OH is 2. The van der Waals surface area contributed by atoms with Crippen LogP contribution in [0.5, 0.6) is 0 Å². The number of hydrogen-bond donors (Lipinski definition) is 3. The summed E-state index contributed by atoms with van der Waals surface area (Å²) in [6.07, 6.45) is 50.0. The van der Waals surface area contributed by atoms with Gasteiger partial charge in [0.15, 0.2) is 24.6 Å². The number of carbonyl (C=O) groups excluding carboxylic acids is 3. The summed E-state index contributed by atoms with van der Waals surface area (Å²) in [6, 6.07) is 0. The Labute approximate surface area is 470 Å². The Morgan fingerprint density at radius 1 is 0.416 bits per heavy atom. The SMILES string of the molecule is CCCCCC/C=C\CCCCCCCC(=O)OC1C(OCC(COC(=O)CCCCCCCCCCCCCCCCCCCCC)OC(=O)CCCCCCC/C=C\CCCCCCCC)OC(C(=O)O)C(O)C1O. The first-order valence-corrected chi connectivity index (χ1v) is 32.3. The summed E-state index contributed by atoms with van der Waals surface area (Å²) in [5, 5.41) is 31.5. The van der Waals surface area contributed by atoms with Gasteiger partial charge in [-0.05, 0) is 70.6 Å². The second kappa shape index (κ2) is 53.8. The van der Waals surface area contributed by atoms with Gasteiger partial charge in [-0.15, -0.1) is 0 Å². The first kappa shape index (κ1) is 72.2. The Hall–Kier alpha value is -2.80. The molecular weight excluding hydrogens is 973 g/mol. The van der Waals surface area contributed by atoms with Gasteiger partial charge in [-0.1, -0.05) is 251 Å². The minimum absolute atomic E-state index is 0.0537. The second-order valence-electron chi connectivity index (χ2n) is 22.4. The third-order valence-electron chi connectivity index (χ3n) is 15.0. The molecule has 0 aromatic carbocycles. The van der Waals surface area contributed by atoms with Crippen LogP contribution in [0.2, 0.25) is 0 Å². The lowest BCUT2D eigenvalue weighted by atomic mass is 9.98. The Kier molecular flexibility index (Phi) is 50.5. The van der Waals surface area contributed by atoms with Gasteiger partial charge in [0.05, 0.1) is 6.61 Å². The van der Waals surface area contributed by atoms with Gasteiger partial charge in [-0.25, -0.2) is 4.79 Å². The fraction of sp³-hybridized carbons (Fsp3) is 0.877. The highest BCUT2D eigenvalue weighted by Gasteiger charge is 2.50. The fourth-order valence-electron chi connectivity index (χ4n) is 10.0. The minimum Gasteiger partial charge on any atom is -0.479 e. The zero-order valence-electron chi connectivity index (χ0n) is 49.7. The van der Waals surface area contributed by atoms with Gasteiger partial charge in [-0.2, -0.15) is 0 Å². The van der Waals surface area contributed by atoms with Crippen molar-refractivity contribution in [3.05, 3.63) is 24.3 Å². The summed E-state index contributed by atoms with van der Waals surface area (Å²) in [7, 11) is 0. The highest BCUT2D eigenvalue weighted by molar-refractivity contribution is 5.74. The smallest absolute Gasteiger partial charge is 0.335 e. The van der Waals surface area contributed by atoms with E-state index < -0.39 is 67.3 Å². The Morgan fingerprint density at radius 2 is 0.740 bits per heavy atom. The van der Waals surface area contributed by atoms with Gasteiger partial charge in [0, 0.05) is 19.3 Å². The highest BCUT2D eigenvalue weighted by atomic mass is 16.7. The number of aliphatic carboxylic acids is 1. The van der Waals surface area contributed by atoms with Crippen molar-refractivity contribution < 1.29 is 58.2 Å². The van der Waals surface area contributed by atoms with Crippen molar-refractivity contribution in [3.63, 3.8) is 0 Å². The van der Waals surface area contributed by atoms with Crippen molar-refractivity contribution in [2.24, 2.45) is 0 Å². The average Bonchev–Trinajstić information content (AvgIpc) is 3.42. The largest absolute Gasteiger partial charge is 0.479 e. The van der Waals surface area contributed by atoms with Crippen LogP contribution in [0, 0.1) is 0 Å². The summed E-state index contributed by atoms with van der Waals surface area (Å²) in [6.45, 7) is 6.01. The molecule has 77 heavy (non-hydrogen) atoms. The van der Waals surface area contributed by atoms with Crippen LogP contribution in [0.25, 0.3) is 0 Å². The molecule has 1 aliphatic rings. The fourth-order valence-corrected chi connectivity index (χ4v) is 10.0. The molecular formula is C65H118O12. The molecule has 3 N–H and O–H groups in total. The molecule has 1 rings (SSSR count). The molecule has 0 radical (unpaired) electrons. The molecule has 0 saturated carbocycles. The van der Waals surface area contributed by atoms with Crippen LogP contribution in [-0.2, 0) is 42.9 Å². The molecule has 12 nitrogen and oxygen atoms in total. The van der Waals surface area contributed by atoms with E-state index in [1.165, 1.54) is 161 Å². The number of aliphatic hydroxyl groups is 2. The van der Waals surface area contributed by atoms with Crippen LogP contribution in [0.15, 0.2) is 24.3 Å². The second-order valence-corrected chi connectivity index (χ2v) is 22.4. The molecule has 1 aliphatic heterocycles. The summed E-state index contributed by atoms with van der Waals surface area (Å²) in [4.78, 5) is 51.2. The van der Waals surface area contributed by atoms with Crippen molar-refractivity contribution in [2.45, 2.75) is 353 Å². The van der Waals surface area contributed by atoms with Crippen LogP contribution in [0.3, 0.4) is 0 Å². The molecule has 0 bridgehead atoms. The summed E-state index contributed by atoms with van der Waals surface area (Å²) >= 11 is 0. The molecule has 0 aromatic rings. The van der Waals surface area contributed by atoms with E-state index in [4.69, 9.17) is 23.7 Å². The van der Waals surface area contributed by atoms with Gasteiger partial charge in [-0.3, -0.25) is 14.4 Å². The van der Waals surface area contributed by atoms with E-state index >= 15 is 0 Å². The zero-order valence-corrected chi connectivity index (χ0v) is 49.7. The van der Waals surface area contributed by atoms with E-state index in [9.17, 15) is 34.5 Å². The molecule has 6 atom stereocenters. The number of rotatable bonds is 56. The third-order valence-corrected chi connectivity index (χ3v) is 15.0.